The van der Waals surface area contributed by atoms with Crippen LogP contribution in [0.3, 0.4) is 0 Å². The van der Waals surface area contributed by atoms with Gasteiger partial charge in [0.05, 0.1) is 6.54 Å². The number of nitrogens with zero attached hydrogens (tertiary/aromatic N) is 2. The number of benzene rings is 2. The summed E-state index contributed by atoms with van der Waals surface area (Å²) in [5.41, 5.74) is 3.15. The fraction of sp³-hybridized carbons (Fsp3) is 0.364. The Morgan fingerprint density at radius 2 is 1.75 bits per heavy atom. The average molecular weight is 490 g/mol. The molecule has 2 aromatic carbocycles. The minimum absolute atomic E-state index is 0. The number of amides is 1. The van der Waals surface area contributed by atoms with Gasteiger partial charge in [-0.15, -0.1) is 24.0 Å². The van der Waals surface area contributed by atoms with Crippen LogP contribution in [-0.2, 0) is 4.79 Å². The van der Waals surface area contributed by atoms with Crippen molar-refractivity contribution in [3.8, 4) is 0 Å². The van der Waals surface area contributed by atoms with Gasteiger partial charge in [0.1, 0.15) is 0 Å². The van der Waals surface area contributed by atoms with Crippen LogP contribution in [0.4, 0.5) is 11.4 Å². The summed E-state index contributed by atoms with van der Waals surface area (Å²) in [4.78, 5) is 19.4. The van der Waals surface area contributed by atoms with Crippen molar-refractivity contribution >= 4 is 47.2 Å². The average Bonchev–Trinajstić information content (AvgIpc) is 2.72. The summed E-state index contributed by atoms with van der Waals surface area (Å²) >= 11 is 0. The smallest absolute Gasteiger partial charge is 0.225 e. The SMILES string of the molecule is I.O=C1CC(CN=C(Nc2ccccc2)N2CCCCC2)c2ccccc2N1. The van der Waals surface area contributed by atoms with Crippen LogP contribution in [-0.4, -0.2) is 36.4 Å². The van der Waals surface area contributed by atoms with Crippen LogP contribution in [0.1, 0.15) is 37.2 Å². The first-order valence-electron chi connectivity index (χ1n) is 9.80. The quantitative estimate of drug-likeness (QED) is 0.373. The van der Waals surface area contributed by atoms with E-state index in [-0.39, 0.29) is 35.8 Å². The van der Waals surface area contributed by atoms with E-state index in [1.807, 2.05) is 36.4 Å². The van der Waals surface area contributed by atoms with Crippen molar-refractivity contribution in [3.63, 3.8) is 0 Å². The molecule has 2 heterocycles. The van der Waals surface area contributed by atoms with Gasteiger partial charge in [0, 0.05) is 36.8 Å². The summed E-state index contributed by atoms with van der Waals surface area (Å²) in [5.74, 6) is 1.11. The maximum atomic E-state index is 12.1. The van der Waals surface area contributed by atoms with Gasteiger partial charge in [0.25, 0.3) is 0 Å². The lowest BCUT2D eigenvalue weighted by Crippen LogP contribution is -2.40. The number of para-hydroxylation sites is 2. The molecule has 2 aliphatic rings. The number of fused-ring (bicyclic) bond motifs is 1. The van der Waals surface area contributed by atoms with E-state index in [9.17, 15) is 4.79 Å². The Labute approximate surface area is 183 Å². The Hall–Kier alpha value is -2.09. The molecular weight excluding hydrogens is 463 g/mol. The lowest BCUT2D eigenvalue weighted by atomic mass is 9.91. The van der Waals surface area contributed by atoms with Crippen LogP contribution in [0.15, 0.2) is 59.6 Å². The number of carbonyl (C=O) groups is 1. The van der Waals surface area contributed by atoms with Gasteiger partial charge in [-0.1, -0.05) is 36.4 Å². The fourth-order valence-corrected chi connectivity index (χ4v) is 3.84. The standard InChI is InChI=1S/C22H26N4O.HI/c27-21-15-17(19-11-5-6-12-20(19)25-21)16-23-22(26-13-7-2-8-14-26)24-18-9-3-1-4-10-18;/h1,3-6,9-12,17H,2,7-8,13-16H2,(H,23,24)(H,25,27);1H. The molecule has 2 aromatic rings. The van der Waals surface area contributed by atoms with E-state index < -0.39 is 0 Å². The van der Waals surface area contributed by atoms with Crippen LogP contribution < -0.4 is 10.6 Å². The van der Waals surface area contributed by atoms with E-state index in [2.05, 4.69) is 33.7 Å². The Bertz CT molecular complexity index is 818. The van der Waals surface area contributed by atoms with Crippen molar-refractivity contribution < 1.29 is 4.79 Å². The van der Waals surface area contributed by atoms with Gasteiger partial charge in [-0.2, -0.15) is 0 Å². The van der Waals surface area contributed by atoms with Crippen molar-refractivity contribution in [2.45, 2.75) is 31.6 Å². The molecule has 0 bridgehead atoms. The maximum Gasteiger partial charge on any atom is 0.225 e. The van der Waals surface area contributed by atoms with E-state index >= 15 is 0 Å². The van der Waals surface area contributed by atoms with Crippen molar-refractivity contribution in [1.29, 1.82) is 0 Å². The molecule has 5 nitrogen and oxygen atoms in total. The van der Waals surface area contributed by atoms with Gasteiger partial charge >= 0.3 is 0 Å². The highest BCUT2D eigenvalue weighted by molar-refractivity contribution is 14.0. The van der Waals surface area contributed by atoms with Crippen LogP contribution in [0, 0.1) is 0 Å². The number of hydrogen-bond donors (Lipinski definition) is 2. The molecule has 0 spiro atoms. The molecule has 148 valence electrons. The molecule has 6 heteroatoms. The molecule has 2 N–H and O–H groups in total. The molecule has 1 unspecified atom stereocenters. The normalized spacial score (nSPS) is 19.3. The highest BCUT2D eigenvalue weighted by Gasteiger charge is 2.25. The van der Waals surface area contributed by atoms with Gasteiger partial charge in [0.15, 0.2) is 5.96 Å². The van der Waals surface area contributed by atoms with Gasteiger partial charge in [0.2, 0.25) is 5.91 Å². The van der Waals surface area contributed by atoms with Crippen molar-refractivity contribution in [3.05, 3.63) is 60.2 Å². The third-order valence-electron chi connectivity index (χ3n) is 5.25. The fourth-order valence-electron chi connectivity index (χ4n) is 3.84. The molecule has 0 aliphatic carbocycles. The van der Waals surface area contributed by atoms with E-state index in [4.69, 9.17) is 4.99 Å². The van der Waals surface area contributed by atoms with E-state index in [0.717, 1.165) is 30.4 Å². The first-order chi connectivity index (χ1) is 13.3. The number of piperidine rings is 1. The molecule has 28 heavy (non-hydrogen) atoms. The predicted octanol–water partition coefficient (Wildman–Crippen LogP) is 4.68. The zero-order valence-electron chi connectivity index (χ0n) is 15.9. The van der Waals surface area contributed by atoms with Gasteiger partial charge in [-0.25, -0.2) is 0 Å². The van der Waals surface area contributed by atoms with Crippen LogP contribution >= 0.6 is 24.0 Å². The van der Waals surface area contributed by atoms with Crippen molar-refractivity contribution in [1.82, 2.24) is 4.90 Å². The molecule has 0 radical (unpaired) electrons. The Morgan fingerprint density at radius 3 is 2.54 bits per heavy atom. The number of aliphatic imine (C=N–C) groups is 1. The topological polar surface area (TPSA) is 56.7 Å². The molecule has 1 saturated heterocycles. The minimum atomic E-state index is 0. The molecule has 1 atom stereocenters. The largest absolute Gasteiger partial charge is 0.343 e. The van der Waals surface area contributed by atoms with Gasteiger partial charge in [-0.3, -0.25) is 9.79 Å². The number of hydrogen-bond acceptors (Lipinski definition) is 2. The second-order valence-electron chi connectivity index (χ2n) is 7.24. The summed E-state index contributed by atoms with van der Waals surface area (Å²) in [5, 5.41) is 6.47. The Morgan fingerprint density at radius 1 is 1.04 bits per heavy atom. The van der Waals surface area contributed by atoms with Gasteiger partial charge < -0.3 is 15.5 Å². The number of halogens is 1. The second-order valence-corrected chi connectivity index (χ2v) is 7.24. The molecule has 0 aromatic heterocycles. The van der Waals surface area contributed by atoms with Crippen molar-refractivity contribution in [2.24, 2.45) is 4.99 Å². The second kappa shape index (κ2) is 9.91. The molecule has 2 aliphatic heterocycles. The minimum Gasteiger partial charge on any atom is -0.343 e. The highest BCUT2D eigenvalue weighted by atomic mass is 127. The molecule has 1 fully saturated rings. The summed E-state index contributed by atoms with van der Waals surface area (Å²) in [7, 11) is 0. The number of rotatable bonds is 3. The molecule has 0 saturated carbocycles. The molecule has 1 amide bonds. The lowest BCUT2D eigenvalue weighted by molar-refractivity contribution is -0.116. The van der Waals surface area contributed by atoms with Crippen LogP contribution in [0.2, 0.25) is 0 Å². The summed E-state index contributed by atoms with van der Waals surface area (Å²) in [6.45, 7) is 2.66. The first-order valence-corrected chi connectivity index (χ1v) is 9.80. The Balaban J connectivity index is 0.00000225. The summed E-state index contributed by atoms with van der Waals surface area (Å²) < 4.78 is 0. The van der Waals surface area contributed by atoms with E-state index in [0.29, 0.717) is 13.0 Å². The number of likely N-dealkylation sites (tertiary alicyclic amines) is 1. The van der Waals surface area contributed by atoms with E-state index in [1.165, 1.54) is 24.8 Å². The third kappa shape index (κ3) is 5.04. The maximum absolute atomic E-state index is 12.1. The summed E-state index contributed by atoms with van der Waals surface area (Å²) in [6, 6.07) is 18.2. The third-order valence-corrected chi connectivity index (χ3v) is 5.25. The van der Waals surface area contributed by atoms with E-state index in [1.54, 1.807) is 0 Å². The zero-order valence-corrected chi connectivity index (χ0v) is 18.3. The highest BCUT2D eigenvalue weighted by Crippen LogP contribution is 2.32. The van der Waals surface area contributed by atoms with Gasteiger partial charge in [-0.05, 0) is 43.0 Å². The van der Waals surface area contributed by atoms with Crippen molar-refractivity contribution in [2.75, 3.05) is 30.3 Å². The monoisotopic (exact) mass is 490 g/mol. The lowest BCUT2D eigenvalue weighted by Gasteiger charge is -2.31. The number of nitrogens with one attached hydrogen (secondary N) is 2. The number of carbonyl (C=O) groups excluding carboxylic acids is 1. The number of anilines is 2. The Kier molecular flexibility index (Phi) is 7.30. The predicted molar refractivity (Wildman–Crippen MR) is 126 cm³/mol. The van der Waals surface area contributed by atoms with Crippen LogP contribution in [0.25, 0.3) is 0 Å². The summed E-state index contributed by atoms with van der Waals surface area (Å²) in [6.07, 6.45) is 4.17. The molecular formula is C22H27IN4O. The first kappa shape index (κ1) is 20.6. The number of guanidine groups is 1. The van der Waals surface area contributed by atoms with Crippen LogP contribution in [0.5, 0.6) is 0 Å². The zero-order chi connectivity index (χ0) is 18.5. The molecule has 4 rings (SSSR count).